The van der Waals surface area contributed by atoms with E-state index in [9.17, 15) is 0 Å². The fraction of sp³-hybridized carbons (Fsp3) is 0.667. The molecule has 23 heavy (non-hydrogen) atoms. The molecule has 0 radical (unpaired) electrons. The van der Waals surface area contributed by atoms with Gasteiger partial charge in [0.2, 0.25) is 0 Å². The van der Waals surface area contributed by atoms with Crippen molar-refractivity contribution in [3.05, 3.63) is 36.2 Å². The fourth-order valence-electron chi connectivity index (χ4n) is 3.89. The van der Waals surface area contributed by atoms with Crippen molar-refractivity contribution >= 4 is 0 Å². The first-order valence-electron chi connectivity index (χ1n) is 9.09. The molecule has 122 valence electrons. The molecule has 1 unspecified atom stereocenters. The van der Waals surface area contributed by atoms with Crippen molar-refractivity contribution in [1.82, 2.24) is 25.0 Å². The minimum absolute atomic E-state index is 0.126. The van der Waals surface area contributed by atoms with Crippen LogP contribution in [0.2, 0.25) is 0 Å². The largest absolute Gasteiger partial charge is 0.242 e. The highest BCUT2D eigenvalue weighted by atomic mass is 15.4. The standard InChI is InChI=1S/C18H25N5/c1-2-6-14(7-3-1)12-17(18-19-10-5-11-20-18)23-13-16(21-22-23)15-8-4-9-15/h5,10-11,13-15,17H,1-4,6-9,12H2. The molecule has 2 aliphatic rings. The first-order chi connectivity index (χ1) is 11.4. The summed E-state index contributed by atoms with van der Waals surface area (Å²) >= 11 is 0. The molecule has 5 nitrogen and oxygen atoms in total. The minimum atomic E-state index is 0.126. The Morgan fingerprint density at radius 2 is 1.78 bits per heavy atom. The van der Waals surface area contributed by atoms with Crippen LogP contribution in [0.1, 0.15) is 81.3 Å². The Morgan fingerprint density at radius 3 is 2.48 bits per heavy atom. The molecule has 0 spiro atoms. The van der Waals surface area contributed by atoms with E-state index in [1.807, 2.05) is 23.1 Å². The van der Waals surface area contributed by atoms with Gasteiger partial charge in [0.1, 0.15) is 6.04 Å². The molecule has 2 aromatic rings. The molecule has 0 amide bonds. The van der Waals surface area contributed by atoms with Crippen LogP contribution in [0.25, 0.3) is 0 Å². The van der Waals surface area contributed by atoms with Crippen molar-refractivity contribution in [2.75, 3.05) is 0 Å². The number of hydrogen-bond donors (Lipinski definition) is 0. The normalized spacial score (nSPS) is 21.0. The molecule has 0 aliphatic heterocycles. The molecule has 0 saturated heterocycles. The lowest BCUT2D eigenvalue weighted by molar-refractivity contribution is 0.289. The van der Waals surface area contributed by atoms with Gasteiger partial charge in [0, 0.05) is 24.5 Å². The van der Waals surface area contributed by atoms with Gasteiger partial charge in [-0.1, -0.05) is 43.7 Å². The first-order valence-corrected chi connectivity index (χ1v) is 9.09. The van der Waals surface area contributed by atoms with Gasteiger partial charge in [-0.05, 0) is 31.2 Å². The SMILES string of the molecule is c1cnc(C(CC2CCCCC2)n2cc(C3CCC3)nn2)nc1. The summed E-state index contributed by atoms with van der Waals surface area (Å²) in [5.74, 6) is 2.26. The topological polar surface area (TPSA) is 56.5 Å². The Bertz CT molecular complexity index is 613. The molecule has 0 aromatic carbocycles. The quantitative estimate of drug-likeness (QED) is 0.840. The predicted molar refractivity (Wildman–Crippen MR) is 88.0 cm³/mol. The lowest BCUT2D eigenvalue weighted by Gasteiger charge is -2.26. The smallest absolute Gasteiger partial charge is 0.152 e. The maximum atomic E-state index is 4.51. The molecule has 0 N–H and O–H groups in total. The summed E-state index contributed by atoms with van der Waals surface area (Å²) in [7, 11) is 0. The van der Waals surface area contributed by atoms with E-state index in [0.29, 0.717) is 5.92 Å². The fourth-order valence-corrected chi connectivity index (χ4v) is 3.89. The highest BCUT2D eigenvalue weighted by Gasteiger charge is 2.27. The second-order valence-electron chi connectivity index (χ2n) is 7.11. The van der Waals surface area contributed by atoms with Crippen LogP contribution >= 0.6 is 0 Å². The third-order valence-corrected chi connectivity index (χ3v) is 5.54. The van der Waals surface area contributed by atoms with Crippen LogP contribution in [0.15, 0.2) is 24.7 Å². The number of rotatable bonds is 5. The van der Waals surface area contributed by atoms with Crippen molar-refractivity contribution in [2.45, 2.75) is 69.7 Å². The molecule has 2 fully saturated rings. The Hall–Kier alpha value is -1.78. The van der Waals surface area contributed by atoms with E-state index in [1.54, 1.807) is 0 Å². The van der Waals surface area contributed by atoms with Gasteiger partial charge in [-0.15, -0.1) is 5.10 Å². The summed E-state index contributed by atoms with van der Waals surface area (Å²) in [6.45, 7) is 0. The molecule has 2 heterocycles. The first kappa shape index (κ1) is 14.8. The highest BCUT2D eigenvalue weighted by molar-refractivity contribution is 5.08. The average molecular weight is 311 g/mol. The van der Waals surface area contributed by atoms with Crippen LogP contribution in [0.4, 0.5) is 0 Å². The number of nitrogens with zero attached hydrogens (tertiary/aromatic N) is 5. The van der Waals surface area contributed by atoms with E-state index >= 15 is 0 Å². The van der Waals surface area contributed by atoms with Gasteiger partial charge in [-0.25, -0.2) is 14.6 Å². The molecule has 5 heteroatoms. The Labute approximate surface area is 137 Å². The van der Waals surface area contributed by atoms with Crippen molar-refractivity contribution in [3.63, 3.8) is 0 Å². The van der Waals surface area contributed by atoms with Gasteiger partial charge in [0.25, 0.3) is 0 Å². The van der Waals surface area contributed by atoms with E-state index in [2.05, 4.69) is 26.5 Å². The van der Waals surface area contributed by atoms with Crippen LogP contribution in [-0.2, 0) is 0 Å². The van der Waals surface area contributed by atoms with Gasteiger partial charge in [-0.2, -0.15) is 0 Å². The number of hydrogen-bond acceptors (Lipinski definition) is 4. The zero-order valence-electron chi connectivity index (χ0n) is 13.6. The van der Waals surface area contributed by atoms with Gasteiger partial charge < -0.3 is 0 Å². The van der Waals surface area contributed by atoms with E-state index < -0.39 is 0 Å². The third-order valence-electron chi connectivity index (χ3n) is 5.54. The highest BCUT2D eigenvalue weighted by Crippen LogP contribution is 2.36. The van der Waals surface area contributed by atoms with Crippen LogP contribution in [-0.4, -0.2) is 25.0 Å². The molecule has 2 aliphatic carbocycles. The average Bonchev–Trinajstić information content (AvgIpc) is 3.02. The minimum Gasteiger partial charge on any atom is -0.242 e. The van der Waals surface area contributed by atoms with E-state index in [0.717, 1.165) is 23.9 Å². The lowest BCUT2D eigenvalue weighted by Crippen LogP contribution is -2.20. The maximum absolute atomic E-state index is 4.51. The monoisotopic (exact) mass is 311 g/mol. The van der Waals surface area contributed by atoms with Gasteiger partial charge >= 0.3 is 0 Å². The zero-order valence-corrected chi connectivity index (χ0v) is 13.6. The maximum Gasteiger partial charge on any atom is 0.152 e. The second kappa shape index (κ2) is 6.77. The van der Waals surface area contributed by atoms with Crippen LogP contribution < -0.4 is 0 Å². The van der Waals surface area contributed by atoms with Gasteiger partial charge in [0.15, 0.2) is 5.82 Å². The molecular weight excluding hydrogens is 286 g/mol. The van der Waals surface area contributed by atoms with E-state index in [-0.39, 0.29) is 6.04 Å². The molecule has 1 atom stereocenters. The van der Waals surface area contributed by atoms with Crippen molar-refractivity contribution in [2.24, 2.45) is 5.92 Å². The number of aromatic nitrogens is 5. The van der Waals surface area contributed by atoms with Crippen molar-refractivity contribution < 1.29 is 0 Å². The Morgan fingerprint density at radius 1 is 1.00 bits per heavy atom. The van der Waals surface area contributed by atoms with Crippen molar-refractivity contribution in [3.8, 4) is 0 Å². The molecular formula is C18H25N5. The summed E-state index contributed by atoms with van der Waals surface area (Å²) < 4.78 is 2.03. The van der Waals surface area contributed by atoms with E-state index in [1.165, 1.54) is 51.4 Å². The molecule has 2 aromatic heterocycles. The zero-order chi connectivity index (χ0) is 15.5. The Balaban J connectivity index is 1.57. The van der Waals surface area contributed by atoms with Crippen LogP contribution in [0.5, 0.6) is 0 Å². The summed E-state index contributed by atoms with van der Waals surface area (Å²) in [5, 5.41) is 8.88. The summed E-state index contributed by atoms with van der Waals surface area (Å²) in [5.41, 5.74) is 1.15. The Kier molecular flexibility index (Phi) is 4.35. The van der Waals surface area contributed by atoms with Gasteiger partial charge in [0.05, 0.1) is 5.69 Å². The third kappa shape index (κ3) is 3.28. The lowest BCUT2D eigenvalue weighted by atomic mass is 9.83. The van der Waals surface area contributed by atoms with E-state index in [4.69, 9.17) is 0 Å². The second-order valence-corrected chi connectivity index (χ2v) is 7.11. The summed E-state index contributed by atoms with van der Waals surface area (Å²) in [6.07, 6.45) is 17.5. The van der Waals surface area contributed by atoms with Crippen LogP contribution in [0.3, 0.4) is 0 Å². The molecule has 2 saturated carbocycles. The van der Waals surface area contributed by atoms with Crippen molar-refractivity contribution in [1.29, 1.82) is 0 Å². The van der Waals surface area contributed by atoms with Crippen LogP contribution in [0, 0.1) is 5.92 Å². The predicted octanol–water partition coefficient (Wildman–Crippen LogP) is 3.90. The summed E-state index contributed by atoms with van der Waals surface area (Å²) in [6, 6.07) is 2.00. The van der Waals surface area contributed by atoms with Gasteiger partial charge in [-0.3, -0.25) is 0 Å². The molecule has 4 rings (SSSR count). The summed E-state index contributed by atoms with van der Waals surface area (Å²) in [4.78, 5) is 9.02. The molecule has 0 bridgehead atoms.